The van der Waals surface area contributed by atoms with Gasteiger partial charge in [-0.15, -0.1) is 0 Å². The van der Waals surface area contributed by atoms with Crippen LogP contribution in [0.5, 0.6) is 0 Å². The lowest BCUT2D eigenvalue weighted by molar-refractivity contribution is -0.127. The van der Waals surface area contributed by atoms with Crippen LogP contribution < -0.4 is 5.32 Å². The molecule has 1 aromatic rings. The normalized spacial score (nSPS) is 33.9. The molecule has 0 aromatic heterocycles. The fraction of sp³-hybridized carbons (Fsp3) is 0.650. The molecule has 4 bridgehead atoms. The Bertz CT molecular complexity index is 595. The van der Waals surface area contributed by atoms with Crippen molar-refractivity contribution >= 4 is 17.5 Å². The largest absolute Gasteiger partial charge is 0.350 e. The van der Waals surface area contributed by atoms with E-state index in [1.807, 2.05) is 25.2 Å². The molecule has 0 unspecified atom stereocenters. The molecule has 1 aromatic carbocycles. The summed E-state index contributed by atoms with van der Waals surface area (Å²) in [5.74, 6) is 2.77. The molecule has 1 amide bonds. The van der Waals surface area contributed by atoms with Crippen molar-refractivity contribution < 1.29 is 4.79 Å². The zero-order valence-electron chi connectivity index (χ0n) is 14.4. The first-order valence-electron chi connectivity index (χ1n) is 9.24. The summed E-state index contributed by atoms with van der Waals surface area (Å²) in [6.45, 7) is 1.20. The molecule has 4 fully saturated rings. The number of hydrogen-bond donors (Lipinski definition) is 1. The molecule has 3 nitrogen and oxygen atoms in total. The first-order valence-corrected chi connectivity index (χ1v) is 9.61. The Morgan fingerprint density at radius 3 is 2.42 bits per heavy atom. The van der Waals surface area contributed by atoms with E-state index in [9.17, 15) is 4.79 Å². The molecule has 0 heterocycles. The fourth-order valence-electron chi connectivity index (χ4n) is 5.85. The van der Waals surface area contributed by atoms with Gasteiger partial charge < -0.3 is 5.32 Å². The topological polar surface area (TPSA) is 32.3 Å². The van der Waals surface area contributed by atoms with Crippen LogP contribution in [0, 0.1) is 17.8 Å². The predicted molar refractivity (Wildman–Crippen MR) is 96.8 cm³/mol. The molecule has 0 aliphatic heterocycles. The van der Waals surface area contributed by atoms with Crippen LogP contribution in [-0.4, -0.2) is 29.9 Å². The summed E-state index contributed by atoms with van der Waals surface area (Å²) in [7, 11) is 2.00. The molecule has 0 spiro atoms. The number of hydrogen-bond acceptors (Lipinski definition) is 2. The van der Waals surface area contributed by atoms with Gasteiger partial charge in [-0.2, -0.15) is 0 Å². The lowest BCUT2D eigenvalue weighted by Gasteiger charge is -2.57. The van der Waals surface area contributed by atoms with E-state index in [0.29, 0.717) is 6.54 Å². The molecule has 5 rings (SSSR count). The minimum atomic E-state index is 0.114. The second kappa shape index (κ2) is 6.34. The average Bonchev–Trinajstić information content (AvgIpc) is 2.44. The number of carbonyl (C=O) groups excluding carboxylic acids is 1. The molecular weight excluding hydrogens is 320 g/mol. The molecule has 130 valence electrons. The van der Waals surface area contributed by atoms with Gasteiger partial charge in [-0.25, -0.2) is 0 Å². The highest BCUT2D eigenvalue weighted by Crippen LogP contribution is 2.55. The van der Waals surface area contributed by atoms with E-state index in [1.165, 1.54) is 38.5 Å². The van der Waals surface area contributed by atoms with Gasteiger partial charge in [0.2, 0.25) is 5.91 Å². The summed E-state index contributed by atoms with van der Waals surface area (Å²) in [6, 6.07) is 7.86. The summed E-state index contributed by atoms with van der Waals surface area (Å²) >= 11 is 6.04. The maximum atomic E-state index is 12.6. The van der Waals surface area contributed by atoms with Crippen LogP contribution in [0.3, 0.4) is 0 Å². The van der Waals surface area contributed by atoms with Crippen LogP contribution in [0.1, 0.15) is 44.1 Å². The number of nitrogens with zero attached hydrogens (tertiary/aromatic N) is 1. The summed E-state index contributed by atoms with van der Waals surface area (Å²) in [5.41, 5.74) is 1.26. The highest BCUT2D eigenvalue weighted by Gasteiger charge is 2.51. The molecule has 4 aliphatic carbocycles. The second-order valence-corrected chi connectivity index (χ2v) is 8.98. The van der Waals surface area contributed by atoms with Crippen molar-refractivity contribution in [2.45, 2.75) is 50.6 Å². The number of likely N-dealkylation sites (N-methyl/N-ethyl adjacent to an activating group) is 1. The van der Waals surface area contributed by atoms with Gasteiger partial charge >= 0.3 is 0 Å². The molecule has 1 N–H and O–H groups in total. The smallest absolute Gasteiger partial charge is 0.234 e. The van der Waals surface area contributed by atoms with Gasteiger partial charge in [0.25, 0.3) is 0 Å². The number of benzene rings is 1. The third-order valence-corrected chi connectivity index (χ3v) is 6.43. The highest BCUT2D eigenvalue weighted by atomic mass is 35.5. The van der Waals surface area contributed by atoms with Crippen LogP contribution >= 0.6 is 11.6 Å². The summed E-state index contributed by atoms with van der Waals surface area (Å²) in [5, 5.41) is 4.19. The van der Waals surface area contributed by atoms with Gasteiger partial charge in [-0.05, 0) is 81.0 Å². The molecule has 4 heteroatoms. The Morgan fingerprint density at radius 1 is 1.21 bits per heavy atom. The monoisotopic (exact) mass is 346 g/mol. The van der Waals surface area contributed by atoms with Crippen LogP contribution in [-0.2, 0) is 11.3 Å². The SMILES string of the molecule is CN(CC(=O)NC12CC3CC(CC(C3)C1)C2)Cc1cccc(Cl)c1. The minimum absolute atomic E-state index is 0.114. The Morgan fingerprint density at radius 2 is 1.83 bits per heavy atom. The van der Waals surface area contributed by atoms with Crippen molar-refractivity contribution in [1.82, 2.24) is 10.2 Å². The Hall–Kier alpha value is -1.06. The van der Waals surface area contributed by atoms with E-state index in [2.05, 4.69) is 16.3 Å². The maximum Gasteiger partial charge on any atom is 0.234 e. The van der Waals surface area contributed by atoms with Crippen LogP contribution in [0.25, 0.3) is 0 Å². The summed E-state index contributed by atoms with van der Waals surface area (Å²) in [6.07, 6.45) is 7.85. The number of nitrogens with one attached hydrogen (secondary N) is 1. The fourth-order valence-corrected chi connectivity index (χ4v) is 6.06. The zero-order valence-corrected chi connectivity index (χ0v) is 15.2. The molecule has 4 saturated carbocycles. The molecule has 4 aliphatic rings. The molecule has 0 radical (unpaired) electrons. The third kappa shape index (κ3) is 3.48. The lowest BCUT2D eigenvalue weighted by atomic mass is 9.53. The van der Waals surface area contributed by atoms with Gasteiger partial charge in [0, 0.05) is 17.1 Å². The highest BCUT2D eigenvalue weighted by molar-refractivity contribution is 6.30. The Labute approximate surface area is 149 Å². The molecule has 0 saturated heterocycles. The van der Waals surface area contributed by atoms with Crippen molar-refractivity contribution in [2.75, 3.05) is 13.6 Å². The van der Waals surface area contributed by atoms with Gasteiger partial charge in [-0.3, -0.25) is 9.69 Å². The van der Waals surface area contributed by atoms with Crippen molar-refractivity contribution in [3.63, 3.8) is 0 Å². The van der Waals surface area contributed by atoms with E-state index in [4.69, 9.17) is 11.6 Å². The molecule has 24 heavy (non-hydrogen) atoms. The van der Waals surface area contributed by atoms with Gasteiger partial charge in [0.1, 0.15) is 0 Å². The van der Waals surface area contributed by atoms with Gasteiger partial charge in [0.05, 0.1) is 6.54 Å². The third-order valence-electron chi connectivity index (χ3n) is 6.20. The van der Waals surface area contributed by atoms with Crippen molar-refractivity contribution in [3.05, 3.63) is 34.9 Å². The van der Waals surface area contributed by atoms with Crippen molar-refractivity contribution in [3.8, 4) is 0 Å². The first-order chi connectivity index (χ1) is 11.5. The quantitative estimate of drug-likeness (QED) is 0.878. The Balaban J connectivity index is 1.33. The summed E-state index contributed by atoms with van der Waals surface area (Å²) in [4.78, 5) is 14.7. The molecule has 0 atom stereocenters. The number of halogens is 1. The van der Waals surface area contributed by atoms with Crippen LogP contribution in [0.2, 0.25) is 5.02 Å². The van der Waals surface area contributed by atoms with E-state index < -0.39 is 0 Å². The first kappa shape index (κ1) is 16.4. The van der Waals surface area contributed by atoms with Crippen molar-refractivity contribution in [1.29, 1.82) is 0 Å². The zero-order chi connectivity index (χ0) is 16.7. The van der Waals surface area contributed by atoms with E-state index in [-0.39, 0.29) is 11.4 Å². The van der Waals surface area contributed by atoms with E-state index in [1.54, 1.807) is 0 Å². The summed E-state index contributed by atoms with van der Waals surface area (Å²) < 4.78 is 0. The van der Waals surface area contributed by atoms with Gasteiger partial charge in [0.15, 0.2) is 0 Å². The second-order valence-electron chi connectivity index (χ2n) is 8.55. The predicted octanol–water partition coefficient (Wildman–Crippen LogP) is 3.86. The average molecular weight is 347 g/mol. The van der Waals surface area contributed by atoms with E-state index >= 15 is 0 Å². The van der Waals surface area contributed by atoms with Crippen molar-refractivity contribution in [2.24, 2.45) is 17.8 Å². The van der Waals surface area contributed by atoms with Crippen LogP contribution in [0.15, 0.2) is 24.3 Å². The van der Waals surface area contributed by atoms with Crippen LogP contribution in [0.4, 0.5) is 0 Å². The minimum Gasteiger partial charge on any atom is -0.350 e. The number of rotatable bonds is 5. The van der Waals surface area contributed by atoms with Gasteiger partial charge in [-0.1, -0.05) is 23.7 Å². The number of carbonyl (C=O) groups is 1. The molecular formula is C20H27ClN2O. The number of amides is 1. The maximum absolute atomic E-state index is 12.6. The Kier molecular flexibility index (Phi) is 4.34. The standard InChI is InChI=1S/C20H27ClN2O/c1-23(12-14-3-2-4-18(21)8-14)13-19(24)22-20-9-15-5-16(10-20)7-17(6-15)11-20/h2-4,8,15-17H,5-7,9-13H2,1H3,(H,22,24). The lowest BCUT2D eigenvalue weighted by Crippen LogP contribution is -2.60. The van der Waals surface area contributed by atoms with E-state index in [0.717, 1.165) is 34.9 Å².